The van der Waals surface area contributed by atoms with Crippen LogP contribution in [-0.2, 0) is 11.3 Å². The molecule has 5 heteroatoms. The zero-order chi connectivity index (χ0) is 12.5. The maximum absolute atomic E-state index is 11.9. The fourth-order valence-corrected chi connectivity index (χ4v) is 2.87. The lowest BCUT2D eigenvalue weighted by Gasteiger charge is -2.21. The Hall–Kier alpha value is -0.820. The van der Waals surface area contributed by atoms with Crippen molar-refractivity contribution in [2.24, 2.45) is 5.92 Å². The second-order valence-corrected chi connectivity index (χ2v) is 5.89. The van der Waals surface area contributed by atoms with Gasteiger partial charge in [-0.05, 0) is 59.5 Å². The average Bonchev–Trinajstić information content (AvgIpc) is 2.67. The number of benzene rings is 1. The molecule has 1 saturated heterocycles. The molecule has 0 bridgehead atoms. The van der Waals surface area contributed by atoms with E-state index in [2.05, 4.69) is 22.6 Å². The third kappa shape index (κ3) is 2.33. The molecule has 18 heavy (non-hydrogen) atoms. The molecule has 1 aromatic heterocycles. The fourth-order valence-electron chi connectivity index (χ4n) is 2.40. The van der Waals surface area contributed by atoms with Gasteiger partial charge in [-0.2, -0.15) is 0 Å². The van der Waals surface area contributed by atoms with E-state index >= 15 is 0 Å². The Morgan fingerprint density at radius 1 is 1.33 bits per heavy atom. The Morgan fingerprint density at radius 3 is 2.89 bits per heavy atom. The van der Waals surface area contributed by atoms with Gasteiger partial charge in [0, 0.05) is 23.3 Å². The van der Waals surface area contributed by atoms with Crippen molar-refractivity contribution < 1.29 is 9.15 Å². The SMILES string of the molecule is O=c1oc2ccc(I)cc2n1CC1CCOCC1. The second-order valence-electron chi connectivity index (χ2n) is 4.65. The summed E-state index contributed by atoms with van der Waals surface area (Å²) in [5.74, 6) is 0.258. The first-order valence-electron chi connectivity index (χ1n) is 6.10. The van der Waals surface area contributed by atoms with Gasteiger partial charge >= 0.3 is 5.76 Å². The molecular formula is C13H14INO3. The van der Waals surface area contributed by atoms with Crippen molar-refractivity contribution in [2.45, 2.75) is 19.4 Å². The minimum absolute atomic E-state index is 0.251. The van der Waals surface area contributed by atoms with Gasteiger partial charge < -0.3 is 9.15 Å². The van der Waals surface area contributed by atoms with Crippen LogP contribution in [0.15, 0.2) is 27.4 Å². The van der Waals surface area contributed by atoms with Gasteiger partial charge in [0.05, 0.1) is 5.52 Å². The van der Waals surface area contributed by atoms with Gasteiger partial charge in [0.1, 0.15) is 0 Å². The van der Waals surface area contributed by atoms with Gasteiger partial charge in [-0.15, -0.1) is 0 Å². The molecule has 4 nitrogen and oxygen atoms in total. The highest BCUT2D eigenvalue weighted by Crippen LogP contribution is 2.21. The standard InChI is InChI=1S/C13H14INO3/c14-10-1-2-12-11(7-10)15(13(16)18-12)8-9-3-5-17-6-4-9/h1-2,7,9H,3-6,8H2. The molecule has 1 aliphatic heterocycles. The van der Waals surface area contributed by atoms with Crippen LogP contribution in [-0.4, -0.2) is 17.8 Å². The number of halogens is 1. The van der Waals surface area contributed by atoms with E-state index in [4.69, 9.17) is 9.15 Å². The van der Waals surface area contributed by atoms with Crippen LogP contribution in [0.1, 0.15) is 12.8 Å². The molecule has 3 rings (SSSR count). The third-order valence-electron chi connectivity index (χ3n) is 3.41. The van der Waals surface area contributed by atoms with Gasteiger partial charge in [0.25, 0.3) is 0 Å². The van der Waals surface area contributed by atoms with E-state index in [1.165, 1.54) is 0 Å². The number of nitrogens with zero attached hydrogens (tertiary/aromatic N) is 1. The summed E-state index contributed by atoms with van der Waals surface area (Å²) >= 11 is 2.25. The molecule has 2 aromatic rings. The van der Waals surface area contributed by atoms with Crippen LogP contribution in [0.4, 0.5) is 0 Å². The van der Waals surface area contributed by atoms with Crippen molar-refractivity contribution in [2.75, 3.05) is 13.2 Å². The minimum atomic E-state index is -0.251. The van der Waals surface area contributed by atoms with E-state index < -0.39 is 0 Å². The van der Waals surface area contributed by atoms with Gasteiger partial charge in [0.15, 0.2) is 5.58 Å². The highest BCUT2D eigenvalue weighted by molar-refractivity contribution is 14.1. The number of ether oxygens (including phenoxy) is 1. The molecule has 0 atom stereocenters. The molecule has 0 aliphatic carbocycles. The maximum atomic E-state index is 11.9. The van der Waals surface area contributed by atoms with Crippen molar-refractivity contribution >= 4 is 33.7 Å². The largest absolute Gasteiger partial charge is 0.419 e. The molecule has 1 fully saturated rings. The Bertz CT molecular complexity index is 610. The first kappa shape index (κ1) is 12.2. The molecule has 0 amide bonds. The Balaban J connectivity index is 1.97. The molecule has 1 aromatic carbocycles. The summed E-state index contributed by atoms with van der Waals surface area (Å²) in [4.78, 5) is 11.9. The molecule has 0 unspecified atom stereocenters. The lowest BCUT2D eigenvalue weighted by Crippen LogP contribution is -2.24. The van der Waals surface area contributed by atoms with Crippen LogP contribution in [0.3, 0.4) is 0 Å². The zero-order valence-electron chi connectivity index (χ0n) is 9.89. The Labute approximate surface area is 118 Å². The summed E-state index contributed by atoms with van der Waals surface area (Å²) < 4.78 is 13.5. The number of aromatic nitrogens is 1. The normalized spacial score (nSPS) is 17.4. The predicted octanol–water partition coefficient (Wildman–Crippen LogP) is 2.63. The van der Waals surface area contributed by atoms with E-state index in [1.54, 1.807) is 4.57 Å². The Kier molecular flexibility index (Phi) is 3.43. The van der Waals surface area contributed by atoms with Crippen LogP contribution in [0, 0.1) is 9.49 Å². The molecule has 1 aliphatic rings. The van der Waals surface area contributed by atoms with Crippen molar-refractivity contribution in [3.05, 3.63) is 32.3 Å². The van der Waals surface area contributed by atoms with Crippen molar-refractivity contribution in [3.63, 3.8) is 0 Å². The van der Waals surface area contributed by atoms with E-state index in [0.717, 1.165) is 41.7 Å². The first-order valence-corrected chi connectivity index (χ1v) is 7.18. The van der Waals surface area contributed by atoms with Crippen LogP contribution in [0.25, 0.3) is 11.1 Å². The van der Waals surface area contributed by atoms with Gasteiger partial charge in [-0.1, -0.05) is 0 Å². The summed E-state index contributed by atoms with van der Waals surface area (Å²) in [5.41, 5.74) is 1.57. The first-order chi connectivity index (χ1) is 8.74. The Morgan fingerprint density at radius 2 is 2.11 bits per heavy atom. The van der Waals surface area contributed by atoms with E-state index in [9.17, 15) is 4.79 Å². The average molecular weight is 359 g/mol. The molecule has 0 radical (unpaired) electrons. The molecule has 96 valence electrons. The van der Waals surface area contributed by atoms with Crippen LogP contribution < -0.4 is 5.76 Å². The smallest absolute Gasteiger partial charge is 0.408 e. The van der Waals surface area contributed by atoms with Crippen molar-refractivity contribution in [1.82, 2.24) is 4.57 Å². The van der Waals surface area contributed by atoms with Crippen molar-refractivity contribution in [1.29, 1.82) is 0 Å². The summed E-state index contributed by atoms with van der Waals surface area (Å²) in [6, 6.07) is 5.81. The quantitative estimate of drug-likeness (QED) is 0.775. The lowest BCUT2D eigenvalue weighted by molar-refractivity contribution is 0.0610. The van der Waals surface area contributed by atoms with E-state index in [0.29, 0.717) is 11.5 Å². The lowest BCUT2D eigenvalue weighted by atomic mass is 10.0. The summed E-state index contributed by atoms with van der Waals surface area (Å²) in [7, 11) is 0. The molecule has 0 saturated carbocycles. The molecule has 0 spiro atoms. The molecule has 0 N–H and O–H groups in total. The number of rotatable bonds is 2. The van der Waals surface area contributed by atoms with Gasteiger partial charge in [-0.3, -0.25) is 4.57 Å². The summed E-state index contributed by atoms with van der Waals surface area (Å²) in [6.45, 7) is 2.33. The third-order valence-corrected chi connectivity index (χ3v) is 4.08. The highest BCUT2D eigenvalue weighted by Gasteiger charge is 2.18. The zero-order valence-corrected chi connectivity index (χ0v) is 12.1. The maximum Gasteiger partial charge on any atom is 0.419 e. The van der Waals surface area contributed by atoms with Crippen molar-refractivity contribution in [3.8, 4) is 0 Å². The number of hydrogen-bond donors (Lipinski definition) is 0. The van der Waals surface area contributed by atoms with E-state index in [-0.39, 0.29) is 5.76 Å². The van der Waals surface area contributed by atoms with Gasteiger partial charge in [-0.25, -0.2) is 4.79 Å². The summed E-state index contributed by atoms with van der Waals surface area (Å²) in [6.07, 6.45) is 2.03. The fraction of sp³-hybridized carbons (Fsp3) is 0.462. The number of hydrogen-bond acceptors (Lipinski definition) is 3. The molecular weight excluding hydrogens is 345 g/mol. The monoisotopic (exact) mass is 359 g/mol. The van der Waals surface area contributed by atoms with Crippen LogP contribution >= 0.6 is 22.6 Å². The summed E-state index contributed by atoms with van der Waals surface area (Å²) in [5, 5.41) is 0. The second kappa shape index (κ2) is 5.05. The van der Waals surface area contributed by atoms with Gasteiger partial charge in [0.2, 0.25) is 0 Å². The van der Waals surface area contributed by atoms with Crippen LogP contribution in [0.2, 0.25) is 0 Å². The molecule has 2 heterocycles. The minimum Gasteiger partial charge on any atom is -0.408 e. The number of fused-ring (bicyclic) bond motifs is 1. The predicted molar refractivity (Wildman–Crippen MR) is 76.7 cm³/mol. The highest BCUT2D eigenvalue weighted by atomic mass is 127. The van der Waals surface area contributed by atoms with E-state index in [1.807, 2.05) is 18.2 Å². The topological polar surface area (TPSA) is 44.4 Å². The number of oxazole rings is 1. The van der Waals surface area contributed by atoms with Crippen LogP contribution in [0.5, 0.6) is 0 Å².